The van der Waals surface area contributed by atoms with Crippen LogP contribution in [0.5, 0.6) is 0 Å². The smallest absolute Gasteiger partial charge is 0.407 e. The second-order valence-corrected chi connectivity index (χ2v) is 28.9. The zero-order chi connectivity index (χ0) is 63.0. The van der Waals surface area contributed by atoms with Crippen LogP contribution in [0.15, 0.2) is 60.7 Å². The number of alkyl carbamates (subject to hydrolysis) is 1. The van der Waals surface area contributed by atoms with Crippen LogP contribution in [-0.4, -0.2) is 192 Å². The Morgan fingerprint density at radius 2 is 1.17 bits per heavy atom. The minimum absolute atomic E-state index is 0. The molecule has 0 aliphatic carbocycles. The monoisotopic (exact) mass is 1360 g/mol. The Morgan fingerprint density at radius 1 is 0.656 bits per heavy atom. The van der Waals surface area contributed by atoms with E-state index in [0.29, 0.717) is 109 Å². The number of aromatic nitrogens is 6. The van der Waals surface area contributed by atoms with Gasteiger partial charge in [0, 0.05) is 99.3 Å². The standard InChI is InChI=1S/C27H33Cl2N7O5S.C26H33ClN8O4S.C4H9NO.CH4.ClH/c1-27(2,3)41-26(38)30-17-14-34(15-17)24-13-22(29)31-23-12-20(32-36(23)24)21-7-5-6-10-35(21)25(37)18-11-16(28)8-9-19(18)33-42(4,39)40;1-40(38,39)31-20-6-5-16(27)10-19(20)26(37)34-8-3-2-4-22(34)21-11-24-29-23(32-9-7-18(36)15-32)12-25(35(24)30-21)33-13-17(28)14-33;6-4-1-2-5-3-4;;/h8-9,11-13,17,21,33H,5-7,10,14-15H2,1-4H3,(H,30,38);5-6,10-12,17-18,22,31,36H,2-4,7-9,13-15,28H2,1H3;4-6H,1-3H2;1H4;1H/t21-;18-,22+;4-;;/m011../s1. The third kappa shape index (κ3) is 17.1. The Kier molecular flexibility index (Phi) is 22.3. The summed E-state index contributed by atoms with van der Waals surface area (Å²) in [5.41, 5.74) is 8.74. The Hall–Kier alpha value is -6.21. The number of piperidine rings is 2. The van der Waals surface area contributed by atoms with Gasteiger partial charge in [-0.3, -0.25) is 19.0 Å². The summed E-state index contributed by atoms with van der Waals surface area (Å²) >= 11 is 18.8. The molecular weight excluding hydrogens is 1290 g/mol. The third-order valence-electron chi connectivity index (χ3n) is 15.7. The molecule has 4 atom stereocenters. The number of carbonyl (C=O) groups excluding carboxylic acids is 3. The van der Waals surface area contributed by atoms with Crippen molar-refractivity contribution in [3.05, 3.63) is 98.4 Å². The summed E-state index contributed by atoms with van der Waals surface area (Å²) in [4.78, 5) is 59.0. The van der Waals surface area contributed by atoms with E-state index in [4.69, 9.17) is 65.6 Å². The van der Waals surface area contributed by atoms with E-state index in [1.54, 1.807) is 26.4 Å². The topological polar surface area (TPSA) is 320 Å². The number of hydrogen-bond donors (Lipinski definition) is 7. The van der Waals surface area contributed by atoms with Crippen molar-refractivity contribution in [2.45, 2.75) is 122 Å². The van der Waals surface area contributed by atoms with Gasteiger partial charge in [-0.05, 0) is 115 Å². The molecule has 6 saturated heterocycles. The van der Waals surface area contributed by atoms with Gasteiger partial charge in [0.05, 0.1) is 76.7 Å². The van der Waals surface area contributed by atoms with Gasteiger partial charge in [-0.15, -0.1) is 12.4 Å². The molecule has 6 aliphatic rings. The fourth-order valence-electron chi connectivity index (χ4n) is 11.6. The van der Waals surface area contributed by atoms with Crippen molar-refractivity contribution >= 4 is 125 Å². The van der Waals surface area contributed by atoms with Crippen molar-refractivity contribution < 1.29 is 46.2 Å². The van der Waals surface area contributed by atoms with Gasteiger partial charge in [-0.1, -0.05) is 42.2 Å². The summed E-state index contributed by atoms with van der Waals surface area (Å²) in [6, 6.07) is 15.8. The summed E-state index contributed by atoms with van der Waals surface area (Å²) in [7, 11) is -7.24. The van der Waals surface area contributed by atoms with Gasteiger partial charge in [0.15, 0.2) is 11.3 Å². The van der Waals surface area contributed by atoms with Crippen LogP contribution in [-0.2, 0) is 24.8 Å². The SMILES string of the molecule is C.CC(C)(C)OC(=O)NC1CN(c2cc(Cl)nc3cc([C@@H]4CCCCN4C(=O)c4cc(Cl)ccc4NS(C)(=O)=O)nn23)C1.CS(=O)(=O)Nc1ccc(Cl)cc1C(=O)N1CCCC[C@H]1c1cc2nc(N3CC[C@@H](O)C3)cc(N3CC(N)C3)n2n1.Cl.O[C@@H]1CCNC1. The van der Waals surface area contributed by atoms with Crippen LogP contribution >= 0.6 is 47.2 Å². The lowest BCUT2D eigenvalue weighted by Crippen LogP contribution is -2.60. The number of aliphatic hydroxyl groups excluding tert-OH is 2. The van der Waals surface area contributed by atoms with E-state index >= 15 is 0 Å². The maximum absolute atomic E-state index is 13.9. The van der Waals surface area contributed by atoms with Crippen LogP contribution in [0.3, 0.4) is 0 Å². The molecule has 0 unspecified atom stereocenters. The molecule has 6 fully saturated rings. The van der Waals surface area contributed by atoms with E-state index < -0.39 is 31.7 Å². The number of amides is 3. The number of ether oxygens (including phenoxy) is 1. The average Bonchev–Trinajstić information content (AvgIpc) is 1.57. The number of nitrogens with two attached hydrogens (primary N) is 1. The third-order valence-corrected chi connectivity index (χ3v) is 17.6. The molecule has 0 saturated carbocycles. The van der Waals surface area contributed by atoms with Crippen molar-refractivity contribution in [2.24, 2.45) is 5.73 Å². The molecule has 6 aliphatic heterocycles. The van der Waals surface area contributed by atoms with Gasteiger partial charge < -0.3 is 55.8 Å². The molecule has 2 aromatic carbocycles. The number of β-amino-alcohol motifs (C(OH)–C–C–N with tert-alkyl or cyclic N) is 2. The van der Waals surface area contributed by atoms with E-state index in [-0.39, 0.29) is 90.5 Å². The van der Waals surface area contributed by atoms with E-state index in [1.807, 2.05) is 48.4 Å². The van der Waals surface area contributed by atoms with Crippen LogP contribution in [0, 0.1) is 0 Å². The van der Waals surface area contributed by atoms with Crippen molar-refractivity contribution in [3.8, 4) is 0 Å². The first kappa shape index (κ1) is 69.7. The van der Waals surface area contributed by atoms with Crippen LogP contribution in [0.4, 0.5) is 33.6 Å². The first-order valence-electron chi connectivity index (χ1n) is 29.3. The number of benzene rings is 2. The van der Waals surface area contributed by atoms with Crippen LogP contribution < -0.4 is 40.5 Å². The second kappa shape index (κ2) is 28.8. The average molecular weight is 1370 g/mol. The molecule has 4 aromatic heterocycles. The van der Waals surface area contributed by atoms with Crippen molar-refractivity contribution in [2.75, 3.05) is 102 Å². The molecule has 12 rings (SSSR count). The molecule has 32 heteroatoms. The molecule has 0 radical (unpaired) electrons. The minimum atomic E-state index is -3.63. The molecule has 6 aromatic rings. The summed E-state index contributed by atoms with van der Waals surface area (Å²) in [5, 5.41) is 35.4. The van der Waals surface area contributed by atoms with Crippen LogP contribution in [0.2, 0.25) is 15.2 Å². The summed E-state index contributed by atoms with van der Waals surface area (Å²) in [6.07, 6.45) is 7.58. The Bertz CT molecular complexity index is 3800. The lowest BCUT2D eigenvalue weighted by atomic mass is 9.98. The normalized spacial score (nSPS) is 20.6. The van der Waals surface area contributed by atoms with Crippen molar-refractivity contribution in [3.63, 3.8) is 0 Å². The molecule has 492 valence electrons. The highest BCUT2D eigenvalue weighted by Crippen LogP contribution is 2.38. The van der Waals surface area contributed by atoms with E-state index in [2.05, 4.69) is 34.9 Å². The number of sulfonamides is 2. The number of anilines is 5. The van der Waals surface area contributed by atoms with Crippen molar-refractivity contribution in [1.29, 1.82) is 0 Å². The van der Waals surface area contributed by atoms with Gasteiger partial charge >= 0.3 is 6.09 Å². The summed E-state index contributed by atoms with van der Waals surface area (Å²) in [5.74, 6) is 1.69. The number of nitrogens with zero attached hydrogens (tertiary/aromatic N) is 11. The largest absolute Gasteiger partial charge is 0.444 e. The number of aliphatic hydroxyl groups is 2. The molecule has 10 heterocycles. The number of halogens is 4. The molecule has 0 bridgehead atoms. The molecular formula is C58H80Cl4N16O10S2. The number of hydrogen-bond acceptors (Lipinski definition) is 19. The van der Waals surface area contributed by atoms with Gasteiger partial charge in [-0.25, -0.2) is 31.6 Å². The fourth-order valence-corrected chi connectivity index (χ4v) is 13.3. The highest BCUT2D eigenvalue weighted by molar-refractivity contribution is 7.92. The first-order chi connectivity index (χ1) is 41.6. The van der Waals surface area contributed by atoms with Gasteiger partial charge in [0.25, 0.3) is 11.8 Å². The fraction of sp³-hybridized carbons (Fsp3) is 0.534. The molecule has 90 heavy (non-hydrogen) atoms. The highest BCUT2D eigenvalue weighted by Gasteiger charge is 2.37. The van der Waals surface area contributed by atoms with Crippen LogP contribution in [0.1, 0.15) is 124 Å². The summed E-state index contributed by atoms with van der Waals surface area (Å²) in [6.45, 7) is 11.9. The number of fused-ring (bicyclic) bond motifs is 2. The molecule has 26 nitrogen and oxygen atoms in total. The predicted octanol–water partition coefficient (Wildman–Crippen LogP) is 6.73. The van der Waals surface area contributed by atoms with E-state index in [9.17, 15) is 36.3 Å². The van der Waals surface area contributed by atoms with E-state index in [1.165, 1.54) is 30.3 Å². The quantitative estimate of drug-likeness (QED) is 0.0625. The maximum Gasteiger partial charge on any atom is 0.407 e. The van der Waals surface area contributed by atoms with Crippen molar-refractivity contribution in [1.82, 2.24) is 49.6 Å². The van der Waals surface area contributed by atoms with Gasteiger partial charge in [0.2, 0.25) is 20.0 Å². The maximum atomic E-state index is 13.9. The number of rotatable bonds is 12. The van der Waals surface area contributed by atoms with E-state index in [0.717, 1.165) is 75.9 Å². The number of carbonyl (C=O) groups is 3. The second-order valence-electron chi connectivity index (χ2n) is 24.2. The lowest BCUT2D eigenvalue weighted by molar-refractivity contribution is 0.0494. The summed E-state index contributed by atoms with van der Waals surface area (Å²) < 4.78 is 61.6. The Morgan fingerprint density at radius 3 is 1.61 bits per heavy atom. The van der Waals surface area contributed by atoms with Gasteiger partial charge in [0.1, 0.15) is 28.2 Å². The number of nitrogens with one attached hydrogen (secondary N) is 4. The van der Waals surface area contributed by atoms with Gasteiger partial charge in [-0.2, -0.15) is 19.2 Å². The lowest BCUT2D eigenvalue weighted by Gasteiger charge is -2.41. The highest BCUT2D eigenvalue weighted by atomic mass is 35.5. The minimum Gasteiger partial charge on any atom is -0.444 e. The van der Waals surface area contributed by atoms with Crippen LogP contribution in [0.25, 0.3) is 11.3 Å². The predicted molar refractivity (Wildman–Crippen MR) is 352 cm³/mol. The Balaban J connectivity index is 0.000000208. The molecule has 8 N–H and O–H groups in total. The zero-order valence-corrected chi connectivity index (χ0v) is 54.7. The number of likely N-dealkylation sites (tertiary alicyclic amines) is 2. The molecule has 3 amide bonds. The first-order valence-corrected chi connectivity index (χ1v) is 34.2. The zero-order valence-electron chi connectivity index (χ0n) is 50.0. The Labute approximate surface area is 545 Å². The molecule has 0 spiro atoms.